The van der Waals surface area contributed by atoms with E-state index < -0.39 is 5.60 Å². The van der Waals surface area contributed by atoms with Gasteiger partial charge >= 0.3 is 0 Å². The smallest absolute Gasteiger partial charge is 0.0992 e. The van der Waals surface area contributed by atoms with Gasteiger partial charge in [0.25, 0.3) is 0 Å². The molecule has 0 saturated carbocycles. The highest BCUT2D eigenvalue weighted by Crippen LogP contribution is 2.20. The normalized spacial score (nSPS) is 14.9. The third-order valence-electron chi connectivity index (χ3n) is 2.64. The van der Waals surface area contributed by atoms with Gasteiger partial charge in [0.1, 0.15) is 0 Å². The van der Waals surface area contributed by atoms with Crippen molar-refractivity contribution in [2.24, 2.45) is 0 Å². The van der Waals surface area contributed by atoms with Crippen LogP contribution in [0, 0.1) is 6.92 Å². The third-order valence-corrected chi connectivity index (χ3v) is 2.64. The Morgan fingerprint density at radius 2 is 1.53 bits per heavy atom. The Labute approximate surface area is 111 Å². The highest BCUT2D eigenvalue weighted by molar-refractivity contribution is 5.26. The van der Waals surface area contributed by atoms with E-state index in [1.807, 2.05) is 38.1 Å². The molecule has 3 heteroatoms. The van der Waals surface area contributed by atoms with Crippen LogP contribution in [0.5, 0.6) is 0 Å². The quantitative estimate of drug-likeness (QED) is 0.771. The lowest BCUT2D eigenvalue weighted by atomic mass is 9.94. The van der Waals surface area contributed by atoms with Crippen molar-refractivity contribution in [3.05, 3.63) is 35.4 Å². The number of halogens is 1. The van der Waals surface area contributed by atoms with Gasteiger partial charge in [-0.05, 0) is 40.2 Å². The molecule has 0 spiro atoms. The van der Waals surface area contributed by atoms with Gasteiger partial charge in [0.05, 0.1) is 5.60 Å². The first-order valence-electron chi connectivity index (χ1n) is 5.75. The molecule has 1 unspecified atom stereocenters. The maximum Gasteiger partial charge on any atom is 0.0992 e. The number of β-amino-alcohol motifs (C(OH)–C–C–N with tert-alkyl or cyclic N) is 1. The van der Waals surface area contributed by atoms with E-state index in [2.05, 4.69) is 26.1 Å². The number of aliphatic hydroxyl groups is 1. The van der Waals surface area contributed by atoms with E-state index in [1.54, 1.807) is 0 Å². The number of aryl methyl sites for hydroxylation is 1. The monoisotopic (exact) mass is 256 g/mol. The van der Waals surface area contributed by atoms with E-state index >= 15 is 0 Å². The molecule has 1 rings (SSSR count). The SMILES string of the molecule is Cc1ccc(C(C)(O)CNC(C)(C)C)cc1.[Cl-]. The van der Waals surface area contributed by atoms with Gasteiger partial charge in [-0.2, -0.15) is 0 Å². The van der Waals surface area contributed by atoms with Crippen molar-refractivity contribution in [2.75, 3.05) is 6.54 Å². The summed E-state index contributed by atoms with van der Waals surface area (Å²) in [6.07, 6.45) is 0. The summed E-state index contributed by atoms with van der Waals surface area (Å²) in [5.41, 5.74) is 1.37. The number of benzene rings is 1. The van der Waals surface area contributed by atoms with Crippen LogP contribution in [0.1, 0.15) is 38.8 Å². The summed E-state index contributed by atoms with van der Waals surface area (Å²) in [5.74, 6) is 0. The number of hydrogen-bond acceptors (Lipinski definition) is 2. The van der Waals surface area contributed by atoms with E-state index in [9.17, 15) is 5.11 Å². The molecule has 17 heavy (non-hydrogen) atoms. The molecular weight excluding hydrogens is 234 g/mol. The van der Waals surface area contributed by atoms with Crippen molar-refractivity contribution in [1.82, 2.24) is 5.32 Å². The minimum Gasteiger partial charge on any atom is -1.00 e. The van der Waals surface area contributed by atoms with Gasteiger partial charge in [0.2, 0.25) is 0 Å². The average Bonchev–Trinajstić information content (AvgIpc) is 2.15. The topological polar surface area (TPSA) is 32.3 Å². The first kappa shape index (κ1) is 16.4. The molecule has 1 atom stereocenters. The van der Waals surface area contributed by atoms with Gasteiger partial charge in [0, 0.05) is 12.1 Å². The minimum absolute atomic E-state index is 0. The molecule has 1 aromatic rings. The minimum atomic E-state index is -0.818. The molecule has 1 aromatic carbocycles. The summed E-state index contributed by atoms with van der Waals surface area (Å²) in [4.78, 5) is 0. The van der Waals surface area contributed by atoms with Crippen molar-refractivity contribution in [3.63, 3.8) is 0 Å². The van der Waals surface area contributed by atoms with Crippen LogP contribution in [0.25, 0.3) is 0 Å². The van der Waals surface area contributed by atoms with E-state index in [1.165, 1.54) is 5.56 Å². The molecule has 0 fully saturated rings. The van der Waals surface area contributed by atoms with Gasteiger partial charge in [0.15, 0.2) is 0 Å². The zero-order valence-electron chi connectivity index (χ0n) is 11.3. The van der Waals surface area contributed by atoms with Crippen LogP contribution in [0.15, 0.2) is 24.3 Å². The summed E-state index contributed by atoms with van der Waals surface area (Å²) in [5, 5.41) is 13.7. The molecule has 2 N–H and O–H groups in total. The Morgan fingerprint density at radius 1 is 1.06 bits per heavy atom. The third kappa shape index (κ3) is 5.53. The fraction of sp³-hybridized carbons (Fsp3) is 0.571. The lowest BCUT2D eigenvalue weighted by molar-refractivity contribution is -0.0000104. The van der Waals surface area contributed by atoms with E-state index in [0.717, 1.165) is 5.56 Å². The summed E-state index contributed by atoms with van der Waals surface area (Å²) >= 11 is 0. The van der Waals surface area contributed by atoms with Gasteiger partial charge in [-0.15, -0.1) is 0 Å². The predicted molar refractivity (Wildman–Crippen MR) is 68.5 cm³/mol. The summed E-state index contributed by atoms with van der Waals surface area (Å²) in [6.45, 7) is 10.7. The zero-order valence-corrected chi connectivity index (χ0v) is 12.1. The Hall–Kier alpha value is -0.570. The highest BCUT2D eigenvalue weighted by atomic mass is 35.5. The molecule has 2 nitrogen and oxygen atoms in total. The van der Waals surface area contributed by atoms with Crippen molar-refractivity contribution < 1.29 is 17.5 Å². The number of rotatable bonds is 3. The molecule has 0 heterocycles. The molecule has 0 bridgehead atoms. The molecule has 0 aliphatic heterocycles. The largest absolute Gasteiger partial charge is 1.00 e. The first-order chi connectivity index (χ1) is 7.21. The number of hydrogen-bond donors (Lipinski definition) is 2. The van der Waals surface area contributed by atoms with Crippen LogP contribution in [-0.4, -0.2) is 17.2 Å². The van der Waals surface area contributed by atoms with Crippen LogP contribution in [-0.2, 0) is 5.60 Å². The zero-order chi connectivity index (χ0) is 12.4. The van der Waals surface area contributed by atoms with Crippen molar-refractivity contribution >= 4 is 0 Å². The number of nitrogens with one attached hydrogen (secondary N) is 1. The summed E-state index contributed by atoms with van der Waals surface area (Å²) in [6, 6.07) is 8.03. The maximum atomic E-state index is 10.4. The molecule has 0 aliphatic carbocycles. The highest BCUT2D eigenvalue weighted by Gasteiger charge is 2.24. The lowest BCUT2D eigenvalue weighted by Crippen LogP contribution is -3.00. The van der Waals surface area contributed by atoms with Crippen LogP contribution in [0.4, 0.5) is 0 Å². The standard InChI is InChI=1S/C14H23NO.ClH/c1-11-6-8-12(9-7-11)14(5,16)10-15-13(2,3)4;/h6-9,15-16H,10H2,1-5H3;1H/p-1. The Bertz CT molecular complexity index is 338. The van der Waals surface area contributed by atoms with E-state index in [0.29, 0.717) is 6.54 Å². The van der Waals surface area contributed by atoms with Crippen LogP contribution in [0.2, 0.25) is 0 Å². The molecule has 0 amide bonds. The van der Waals surface area contributed by atoms with E-state index in [4.69, 9.17) is 0 Å². The second-order valence-electron chi connectivity index (χ2n) is 5.74. The van der Waals surface area contributed by atoms with Gasteiger partial charge in [-0.1, -0.05) is 29.8 Å². The molecular formula is C14H23ClNO-. The molecule has 0 aromatic heterocycles. The van der Waals surface area contributed by atoms with Crippen molar-refractivity contribution in [3.8, 4) is 0 Å². The maximum absolute atomic E-state index is 10.4. The first-order valence-corrected chi connectivity index (χ1v) is 5.75. The van der Waals surface area contributed by atoms with Crippen LogP contribution >= 0.6 is 0 Å². The second-order valence-corrected chi connectivity index (χ2v) is 5.74. The Balaban J connectivity index is 0.00000256. The molecule has 0 saturated heterocycles. The van der Waals surface area contributed by atoms with Crippen LogP contribution < -0.4 is 17.7 Å². The van der Waals surface area contributed by atoms with Gasteiger partial charge in [-0.3, -0.25) is 0 Å². The predicted octanol–water partition coefficient (Wildman–Crippen LogP) is -0.405. The summed E-state index contributed by atoms with van der Waals surface area (Å²) in [7, 11) is 0. The molecule has 98 valence electrons. The van der Waals surface area contributed by atoms with Crippen molar-refractivity contribution in [1.29, 1.82) is 0 Å². The van der Waals surface area contributed by atoms with Gasteiger partial charge in [-0.25, -0.2) is 0 Å². The molecule has 0 radical (unpaired) electrons. The van der Waals surface area contributed by atoms with Gasteiger partial charge < -0.3 is 22.8 Å². The average molecular weight is 257 g/mol. The molecule has 0 aliphatic rings. The van der Waals surface area contributed by atoms with E-state index in [-0.39, 0.29) is 17.9 Å². The second kappa shape index (κ2) is 5.85. The fourth-order valence-corrected chi connectivity index (χ4v) is 1.45. The van der Waals surface area contributed by atoms with Crippen LogP contribution in [0.3, 0.4) is 0 Å². The summed E-state index contributed by atoms with van der Waals surface area (Å²) < 4.78 is 0. The Kier molecular flexibility index (Phi) is 5.66. The fourth-order valence-electron chi connectivity index (χ4n) is 1.45. The lowest BCUT2D eigenvalue weighted by Gasteiger charge is -2.29. The Morgan fingerprint density at radius 3 is 1.94 bits per heavy atom. The van der Waals surface area contributed by atoms with Crippen molar-refractivity contribution in [2.45, 2.75) is 45.8 Å².